The van der Waals surface area contributed by atoms with Gasteiger partial charge in [0.1, 0.15) is 0 Å². The molecule has 104 valence electrons. The van der Waals surface area contributed by atoms with E-state index >= 15 is 0 Å². The minimum Gasteiger partial charge on any atom is -0.398 e. The summed E-state index contributed by atoms with van der Waals surface area (Å²) in [5.74, 6) is 0. The number of nitrogens with two attached hydrogens (primary N) is 1. The summed E-state index contributed by atoms with van der Waals surface area (Å²) in [4.78, 5) is 14.4. The molecule has 6 heteroatoms. The van der Waals surface area contributed by atoms with E-state index in [0.717, 1.165) is 5.56 Å². The van der Waals surface area contributed by atoms with Gasteiger partial charge in [0.2, 0.25) is 0 Å². The number of anilines is 1. The largest absolute Gasteiger partial charge is 0.398 e. The van der Waals surface area contributed by atoms with Crippen molar-refractivity contribution >= 4 is 17.6 Å². The topological polar surface area (TPSA) is 105 Å². The number of nitro groups is 1. The lowest BCUT2D eigenvalue weighted by Crippen LogP contribution is -1.98. The summed E-state index contributed by atoms with van der Waals surface area (Å²) in [6.45, 7) is 0. The van der Waals surface area contributed by atoms with Crippen molar-refractivity contribution in [3.05, 3.63) is 69.8 Å². The Morgan fingerprint density at radius 3 is 2.62 bits per heavy atom. The molecular formula is C15H12N4O2. The fraction of sp³-hybridized carbons (Fsp3) is 0.0667. The lowest BCUT2D eigenvalue weighted by Gasteiger charge is -2.04. The maximum atomic E-state index is 10.7. The van der Waals surface area contributed by atoms with Gasteiger partial charge in [0.15, 0.2) is 6.04 Å². The van der Waals surface area contributed by atoms with Crippen LogP contribution >= 0.6 is 0 Å². The minimum atomic E-state index is -0.676. The third kappa shape index (κ3) is 3.42. The zero-order valence-corrected chi connectivity index (χ0v) is 11.0. The molecule has 0 saturated heterocycles. The van der Waals surface area contributed by atoms with Crippen LogP contribution in [0.2, 0.25) is 0 Å². The molecule has 2 rings (SSSR count). The van der Waals surface area contributed by atoms with Crippen molar-refractivity contribution in [2.24, 2.45) is 4.99 Å². The van der Waals surface area contributed by atoms with Crippen LogP contribution in [0.15, 0.2) is 53.5 Å². The van der Waals surface area contributed by atoms with Crippen LogP contribution in [0.4, 0.5) is 11.4 Å². The summed E-state index contributed by atoms with van der Waals surface area (Å²) in [6.07, 6.45) is 1.39. The Labute approximate surface area is 121 Å². The summed E-state index contributed by atoms with van der Waals surface area (Å²) in [7, 11) is 0. The van der Waals surface area contributed by atoms with Gasteiger partial charge in [0.25, 0.3) is 5.69 Å². The van der Waals surface area contributed by atoms with E-state index in [1.54, 1.807) is 12.1 Å². The number of non-ortho nitro benzene ring substituents is 1. The van der Waals surface area contributed by atoms with Gasteiger partial charge < -0.3 is 5.73 Å². The number of nitrogens with zero attached hydrogens (tertiary/aromatic N) is 3. The van der Waals surface area contributed by atoms with Gasteiger partial charge in [-0.15, -0.1) is 0 Å². The SMILES string of the molecule is N#CC(N=Cc1cc([N+](=O)[O-])ccc1N)c1ccccc1. The molecule has 0 bridgehead atoms. The number of hydrogen-bond donors (Lipinski definition) is 1. The maximum Gasteiger partial charge on any atom is 0.270 e. The quantitative estimate of drug-likeness (QED) is 0.402. The standard InChI is InChI=1S/C15H12N4O2/c16-9-15(11-4-2-1-3-5-11)18-10-12-8-13(19(20)21)6-7-14(12)17/h1-8,10,15H,17H2. The molecule has 0 spiro atoms. The first-order valence-corrected chi connectivity index (χ1v) is 6.13. The molecule has 0 aliphatic heterocycles. The minimum absolute atomic E-state index is 0.0705. The molecule has 0 fully saturated rings. The third-order valence-electron chi connectivity index (χ3n) is 2.88. The lowest BCUT2D eigenvalue weighted by molar-refractivity contribution is -0.384. The van der Waals surface area contributed by atoms with E-state index < -0.39 is 11.0 Å². The molecule has 0 heterocycles. The van der Waals surface area contributed by atoms with E-state index in [2.05, 4.69) is 11.1 Å². The first-order chi connectivity index (χ1) is 10.1. The molecule has 2 aromatic rings. The summed E-state index contributed by atoms with van der Waals surface area (Å²) in [5.41, 5.74) is 7.23. The van der Waals surface area contributed by atoms with Crippen molar-refractivity contribution in [3.63, 3.8) is 0 Å². The summed E-state index contributed by atoms with van der Waals surface area (Å²) in [5, 5.41) is 19.9. The first-order valence-electron chi connectivity index (χ1n) is 6.13. The van der Waals surface area contributed by atoms with Crippen molar-refractivity contribution in [2.45, 2.75) is 6.04 Å². The van der Waals surface area contributed by atoms with E-state index in [0.29, 0.717) is 11.3 Å². The molecule has 2 N–H and O–H groups in total. The fourth-order valence-electron chi connectivity index (χ4n) is 1.77. The highest BCUT2D eigenvalue weighted by Gasteiger charge is 2.10. The molecule has 1 unspecified atom stereocenters. The van der Waals surface area contributed by atoms with Crippen LogP contribution in [-0.2, 0) is 0 Å². The van der Waals surface area contributed by atoms with Crippen LogP contribution in [0.5, 0.6) is 0 Å². The molecule has 21 heavy (non-hydrogen) atoms. The Balaban J connectivity index is 2.30. The van der Waals surface area contributed by atoms with Gasteiger partial charge in [-0.2, -0.15) is 5.26 Å². The molecule has 0 saturated carbocycles. The second-order valence-corrected chi connectivity index (χ2v) is 4.29. The highest BCUT2D eigenvalue weighted by Crippen LogP contribution is 2.20. The first kappa shape index (κ1) is 14.2. The summed E-state index contributed by atoms with van der Waals surface area (Å²) >= 11 is 0. The molecule has 1 atom stereocenters. The normalized spacial score (nSPS) is 12.0. The maximum absolute atomic E-state index is 10.7. The zero-order chi connectivity index (χ0) is 15.2. The average molecular weight is 280 g/mol. The highest BCUT2D eigenvalue weighted by molar-refractivity contribution is 5.88. The van der Waals surface area contributed by atoms with Gasteiger partial charge in [-0.1, -0.05) is 30.3 Å². The molecule has 0 aromatic heterocycles. The van der Waals surface area contributed by atoms with Gasteiger partial charge in [-0.05, 0) is 11.6 Å². The smallest absolute Gasteiger partial charge is 0.270 e. The van der Waals surface area contributed by atoms with Gasteiger partial charge in [-0.25, -0.2) is 0 Å². The fourth-order valence-corrected chi connectivity index (χ4v) is 1.77. The van der Waals surface area contributed by atoms with Crippen molar-refractivity contribution in [3.8, 4) is 6.07 Å². The predicted octanol–water partition coefficient (Wildman–Crippen LogP) is 2.86. The number of benzene rings is 2. The summed E-state index contributed by atoms with van der Waals surface area (Å²) in [6, 6.07) is 14.6. The Morgan fingerprint density at radius 1 is 1.29 bits per heavy atom. The Kier molecular flexibility index (Phi) is 4.26. The number of rotatable bonds is 4. The molecule has 0 aliphatic rings. The Hall–Kier alpha value is -3.20. The monoisotopic (exact) mass is 280 g/mol. The Morgan fingerprint density at radius 2 is 2.00 bits per heavy atom. The third-order valence-corrected chi connectivity index (χ3v) is 2.88. The molecule has 0 aliphatic carbocycles. The van der Waals surface area contributed by atoms with Crippen molar-refractivity contribution < 1.29 is 4.92 Å². The van der Waals surface area contributed by atoms with Crippen LogP contribution in [0, 0.1) is 21.4 Å². The second-order valence-electron chi connectivity index (χ2n) is 4.29. The Bertz CT molecular complexity index is 720. The molecule has 6 nitrogen and oxygen atoms in total. The van der Waals surface area contributed by atoms with Gasteiger partial charge in [0.05, 0.1) is 11.0 Å². The highest BCUT2D eigenvalue weighted by atomic mass is 16.6. The van der Waals surface area contributed by atoms with E-state index in [1.165, 1.54) is 24.4 Å². The molecular weight excluding hydrogens is 268 g/mol. The number of nitro benzene ring substituents is 1. The van der Waals surface area contributed by atoms with Crippen molar-refractivity contribution in [1.82, 2.24) is 0 Å². The summed E-state index contributed by atoms with van der Waals surface area (Å²) < 4.78 is 0. The lowest BCUT2D eigenvalue weighted by atomic mass is 10.1. The number of hydrogen-bond acceptors (Lipinski definition) is 5. The molecule has 0 radical (unpaired) electrons. The zero-order valence-electron chi connectivity index (χ0n) is 11.0. The van der Waals surface area contributed by atoms with Crippen LogP contribution < -0.4 is 5.73 Å². The van der Waals surface area contributed by atoms with Gasteiger partial charge >= 0.3 is 0 Å². The van der Waals surface area contributed by atoms with Crippen molar-refractivity contribution in [1.29, 1.82) is 5.26 Å². The van der Waals surface area contributed by atoms with Crippen LogP contribution in [0.1, 0.15) is 17.2 Å². The van der Waals surface area contributed by atoms with Gasteiger partial charge in [-0.3, -0.25) is 15.1 Å². The van der Waals surface area contributed by atoms with Crippen LogP contribution in [-0.4, -0.2) is 11.1 Å². The van der Waals surface area contributed by atoms with Crippen LogP contribution in [0.3, 0.4) is 0 Å². The van der Waals surface area contributed by atoms with E-state index in [9.17, 15) is 10.1 Å². The average Bonchev–Trinajstić information content (AvgIpc) is 2.50. The van der Waals surface area contributed by atoms with Crippen LogP contribution in [0.25, 0.3) is 0 Å². The van der Waals surface area contributed by atoms with Crippen molar-refractivity contribution in [2.75, 3.05) is 5.73 Å². The second kappa shape index (κ2) is 6.30. The molecule has 2 aromatic carbocycles. The number of nitriles is 1. The number of aliphatic imine (C=N–C) groups is 1. The van der Waals surface area contributed by atoms with Gasteiger partial charge in [0, 0.05) is 29.6 Å². The van der Waals surface area contributed by atoms with E-state index in [4.69, 9.17) is 11.0 Å². The predicted molar refractivity (Wildman–Crippen MR) is 79.9 cm³/mol. The number of nitrogen functional groups attached to an aromatic ring is 1. The molecule has 0 amide bonds. The van der Waals surface area contributed by atoms with E-state index in [-0.39, 0.29) is 5.69 Å². The van der Waals surface area contributed by atoms with E-state index in [1.807, 2.05) is 18.2 Å².